The van der Waals surface area contributed by atoms with Crippen molar-refractivity contribution in [2.24, 2.45) is 0 Å². The minimum atomic E-state index is -2.81. The van der Waals surface area contributed by atoms with Crippen LogP contribution in [-0.4, -0.2) is 107 Å². The Labute approximate surface area is 253 Å². The molecule has 0 saturated heterocycles. The summed E-state index contributed by atoms with van der Waals surface area (Å²) < 4.78 is 14.4. The first-order valence-corrected chi connectivity index (χ1v) is 12.9. The van der Waals surface area contributed by atoms with Gasteiger partial charge in [-0.3, -0.25) is 0 Å². The number of benzene rings is 2. The first-order valence-electron chi connectivity index (χ1n) is 12.9. The molecule has 0 radical (unpaired) electrons. The molecule has 3 rings (SSSR count). The summed E-state index contributed by atoms with van der Waals surface area (Å²) in [5.74, 6) is -9.37. The van der Waals surface area contributed by atoms with E-state index in [-0.39, 0.29) is 11.3 Å². The number of aromatic hydroxyl groups is 3. The number of aliphatic hydroxyl groups is 3. The van der Waals surface area contributed by atoms with E-state index in [2.05, 4.69) is 4.74 Å². The second-order valence-corrected chi connectivity index (χ2v) is 9.84. The van der Waals surface area contributed by atoms with E-state index in [9.17, 15) is 64.8 Å². The van der Waals surface area contributed by atoms with Gasteiger partial charge in [-0.2, -0.15) is 0 Å². The normalized spacial score (nSPS) is 22.8. The lowest BCUT2D eigenvalue weighted by Crippen LogP contribution is -2.59. The molecule has 2 aromatic carbocycles. The minimum absolute atomic E-state index is 0.0673. The van der Waals surface area contributed by atoms with E-state index in [4.69, 9.17) is 9.47 Å². The average Bonchev–Trinajstić information content (AvgIpc) is 2.97. The maximum atomic E-state index is 12.9. The lowest BCUT2D eigenvalue weighted by Gasteiger charge is -2.40. The number of hydrogen-bond acceptors (Lipinski definition) is 14. The second-order valence-electron chi connectivity index (χ2n) is 9.84. The van der Waals surface area contributed by atoms with Crippen LogP contribution in [0.5, 0.6) is 17.2 Å². The van der Waals surface area contributed by atoms with Crippen molar-refractivity contribution in [1.29, 1.82) is 0 Å². The van der Waals surface area contributed by atoms with Crippen LogP contribution in [-0.2, 0) is 38.2 Å². The van der Waals surface area contributed by atoms with Crippen molar-refractivity contribution in [3.63, 3.8) is 0 Å². The number of carboxylic acids is 2. The van der Waals surface area contributed by atoms with E-state index in [1.54, 1.807) is 0 Å². The Bertz CT molecular complexity index is 1500. The van der Waals surface area contributed by atoms with Crippen molar-refractivity contribution in [2.75, 3.05) is 0 Å². The van der Waals surface area contributed by atoms with Gasteiger partial charge in [0.1, 0.15) is 18.0 Å². The summed E-state index contributed by atoms with van der Waals surface area (Å²) in [6.45, 7) is 0. The summed E-state index contributed by atoms with van der Waals surface area (Å²) in [6, 6.07) is 8.97. The highest BCUT2D eigenvalue weighted by Crippen LogP contribution is 2.33. The SMILES string of the molecule is O=C(/C=C/c1ccc(O)cc1)OC(C(=O)O)C(OC(=O)[C@]1(O)C[C@@H](O)[C@@H](O)[C@H](OC(=O)/C=C/c2ccc(O)c(O)c2)C1)C(=O)O. The molecule has 1 aliphatic carbocycles. The summed E-state index contributed by atoms with van der Waals surface area (Å²) in [6.07, 6.45) is -8.77. The predicted molar refractivity (Wildman–Crippen MR) is 147 cm³/mol. The van der Waals surface area contributed by atoms with E-state index in [1.165, 1.54) is 30.3 Å². The van der Waals surface area contributed by atoms with Crippen LogP contribution >= 0.6 is 0 Å². The molecule has 45 heavy (non-hydrogen) atoms. The van der Waals surface area contributed by atoms with Gasteiger partial charge in [0.05, 0.1) is 6.10 Å². The maximum Gasteiger partial charge on any atom is 0.349 e. The van der Waals surface area contributed by atoms with Gasteiger partial charge < -0.3 is 55.1 Å². The number of ether oxygens (including phenoxy) is 3. The van der Waals surface area contributed by atoms with Gasteiger partial charge in [-0.15, -0.1) is 0 Å². The molecule has 0 heterocycles. The van der Waals surface area contributed by atoms with Gasteiger partial charge in [0.15, 0.2) is 17.1 Å². The molecule has 16 nitrogen and oxygen atoms in total. The van der Waals surface area contributed by atoms with E-state index in [1.807, 2.05) is 0 Å². The fourth-order valence-corrected chi connectivity index (χ4v) is 4.15. The number of hydrogen-bond donors (Lipinski definition) is 8. The zero-order chi connectivity index (χ0) is 33.5. The third-order valence-corrected chi connectivity index (χ3v) is 6.46. The molecular weight excluding hydrogens is 604 g/mol. The zero-order valence-electron chi connectivity index (χ0n) is 23.0. The van der Waals surface area contributed by atoms with Crippen molar-refractivity contribution in [1.82, 2.24) is 0 Å². The summed E-state index contributed by atoms with van der Waals surface area (Å²) in [7, 11) is 0. The Morgan fingerprint density at radius 3 is 1.91 bits per heavy atom. The smallest absolute Gasteiger partial charge is 0.349 e. The minimum Gasteiger partial charge on any atom is -0.508 e. The predicted octanol–water partition coefficient (Wildman–Crippen LogP) is -0.319. The molecule has 16 heteroatoms. The summed E-state index contributed by atoms with van der Waals surface area (Å²) >= 11 is 0. The van der Waals surface area contributed by atoms with Crippen LogP contribution in [0.2, 0.25) is 0 Å². The molecular formula is C29H28O16. The van der Waals surface area contributed by atoms with Crippen LogP contribution in [0.4, 0.5) is 0 Å². The topological polar surface area (TPSA) is 275 Å². The first-order chi connectivity index (χ1) is 21.1. The molecule has 1 fully saturated rings. The van der Waals surface area contributed by atoms with Gasteiger partial charge in [0, 0.05) is 25.0 Å². The van der Waals surface area contributed by atoms with Crippen LogP contribution in [0.15, 0.2) is 54.6 Å². The molecule has 0 amide bonds. The molecule has 8 N–H and O–H groups in total. The number of aliphatic hydroxyl groups excluding tert-OH is 2. The summed E-state index contributed by atoms with van der Waals surface area (Å²) in [5.41, 5.74) is -2.19. The standard InChI is InChI=1S/C29H28O16/c30-16-6-1-14(2-7-16)4-9-22(35)44-24(26(37)38)25(27(39)40)45-28(41)29(42)12-19(33)23(36)20(13-29)43-21(34)10-5-15-3-8-17(31)18(32)11-15/h1-11,19-20,23-25,30-33,36,42H,12-13H2,(H,37,38)(H,39,40)/b9-4+,10-5+/t19-,20-,23-,24?,25?,29+/m1/s1. The Hall–Kier alpha value is -5.45. The Kier molecular flexibility index (Phi) is 10.9. The Balaban J connectivity index is 1.72. The van der Waals surface area contributed by atoms with Gasteiger partial charge in [0.25, 0.3) is 0 Å². The average molecular weight is 633 g/mol. The van der Waals surface area contributed by atoms with Gasteiger partial charge in [-0.05, 0) is 47.5 Å². The fourth-order valence-electron chi connectivity index (χ4n) is 4.15. The number of esters is 3. The molecule has 0 spiro atoms. The first kappa shape index (κ1) is 34.0. The highest BCUT2D eigenvalue weighted by molar-refractivity contribution is 5.92. The molecule has 0 aliphatic heterocycles. The zero-order valence-corrected chi connectivity index (χ0v) is 23.0. The van der Waals surface area contributed by atoms with Crippen molar-refractivity contribution >= 4 is 42.0 Å². The van der Waals surface area contributed by atoms with Crippen LogP contribution in [0.3, 0.4) is 0 Å². The lowest BCUT2D eigenvalue weighted by atomic mass is 9.79. The lowest BCUT2D eigenvalue weighted by molar-refractivity contribution is -0.210. The number of phenols is 3. The van der Waals surface area contributed by atoms with Crippen LogP contribution in [0, 0.1) is 0 Å². The van der Waals surface area contributed by atoms with Gasteiger partial charge in [0.2, 0.25) is 12.2 Å². The number of carbonyl (C=O) groups is 5. The molecule has 1 aliphatic rings. The highest BCUT2D eigenvalue weighted by Gasteiger charge is 2.53. The number of rotatable bonds is 11. The van der Waals surface area contributed by atoms with Crippen LogP contribution in [0.25, 0.3) is 12.2 Å². The van der Waals surface area contributed by atoms with Gasteiger partial charge in [-0.1, -0.05) is 18.2 Å². The molecule has 2 unspecified atom stereocenters. The molecule has 1 saturated carbocycles. The number of aliphatic carboxylic acids is 2. The third kappa shape index (κ3) is 9.02. The maximum absolute atomic E-state index is 12.9. The molecule has 2 aromatic rings. The van der Waals surface area contributed by atoms with Gasteiger partial charge in [-0.25, -0.2) is 24.0 Å². The van der Waals surface area contributed by atoms with Gasteiger partial charge >= 0.3 is 29.8 Å². The second kappa shape index (κ2) is 14.3. The molecule has 240 valence electrons. The summed E-state index contributed by atoms with van der Waals surface area (Å²) in [4.78, 5) is 61.2. The molecule has 6 atom stereocenters. The van der Waals surface area contributed by atoms with E-state index >= 15 is 0 Å². The highest BCUT2D eigenvalue weighted by atomic mass is 16.6. The van der Waals surface area contributed by atoms with Crippen molar-refractivity contribution in [2.45, 2.75) is 49.0 Å². The third-order valence-electron chi connectivity index (χ3n) is 6.46. The van der Waals surface area contributed by atoms with Crippen LogP contribution in [0.1, 0.15) is 24.0 Å². The number of carbonyl (C=O) groups excluding carboxylic acids is 3. The van der Waals surface area contributed by atoms with Crippen molar-refractivity contribution < 1.29 is 79.0 Å². The van der Waals surface area contributed by atoms with E-state index < -0.39 is 90.3 Å². The van der Waals surface area contributed by atoms with Crippen molar-refractivity contribution in [3.05, 3.63) is 65.7 Å². The Morgan fingerprint density at radius 1 is 0.756 bits per heavy atom. The molecule has 0 aromatic heterocycles. The monoisotopic (exact) mass is 632 g/mol. The summed E-state index contributed by atoms with van der Waals surface area (Å²) in [5, 5.41) is 78.8. The Morgan fingerprint density at radius 2 is 1.31 bits per heavy atom. The van der Waals surface area contributed by atoms with Crippen molar-refractivity contribution in [3.8, 4) is 17.2 Å². The quantitative estimate of drug-likeness (QED) is 0.0682. The van der Waals surface area contributed by atoms with E-state index in [0.717, 1.165) is 36.4 Å². The number of carboxylic acid groups (broad SMARTS) is 2. The fraction of sp³-hybridized carbons (Fsp3) is 0.276. The van der Waals surface area contributed by atoms with Crippen LogP contribution < -0.4 is 0 Å². The number of phenolic OH excluding ortho intramolecular Hbond substituents is 3. The van der Waals surface area contributed by atoms with E-state index in [0.29, 0.717) is 5.56 Å². The molecule has 0 bridgehead atoms. The largest absolute Gasteiger partial charge is 0.508 e.